The fourth-order valence-corrected chi connectivity index (χ4v) is 5.51. The van der Waals surface area contributed by atoms with Gasteiger partial charge in [0.05, 0.1) is 17.9 Å². The van der Waals surface area contributed by atoms with Crippen LogP contribution in [0.3, 0.4) is 0 Å². The summed E-state index contributed by atoms with van der Waals surface area (Å²) in [5.74, 6) is -1.01. The molecule has 5 nitrogen and oxygen atoms in total. The molecule has 0 bridgehead atoms. The molecule has 0 amide bonds. The van der Waals surface area contributed by atoms with Gasteiger partial charge in [-0.05, 0) is 12.3 Å². The van der Waals surface area contributed by atoms with Crippen molar-refractivity contribution in [2.75, 3.05) is 0 Å². The number of hydrogen-bond donors (Lipinski definition) is 1. The van der Waals surface area contributed by atoms with Crippen LogP contribution in [0.1, 0.15) is 27.2 Å². The summed E-state index contributed by atoms with van der Waals surface area (Å²) in [6, 6.07) is 0. The SMILES string of the molecule is CC(C)C1C(O)C2OC(=O)C3CC4OC(=O)C1C4C32C. The third-order valence-corrected chi connectivity index (χ3v) is 6.29. The molecule has 2 saturated heterocycles. The van der Waals surface area contributed by atoms with E-state index >= 15 is 0 Å². The maximum absolute atomic E-state index is 12.3. The number of carbonyl (C=O) groups excluding carboxylic acids is 2. The van der Waals surface area contributed by atoms with Crippen LogP contribution in [0.25, 0.3) is 0 Å². The van der Waals surface area contributed by atoms with E-state index in [1.54, 1.807) is 0 Å². The molecule has 8 unspecified atom stereocenters. The molecule has 8 atom stereocenters. The minimum atomic E-state index is -0.778. The molecule has 0 spiro atoms. The van der Waals surface area contributed by atoms with Gasteiger partial charge in [0.25, 0.3) is 0 Å². The van der Waals surface area contributed by atoms with Crippen molar-refractivity contribution in [3.63, 3.8) is 0 Å². The number of hydrogen-bond acceptors (Lipinski definition) is 5. The third kappa shape index (κ3) is 1.15. The first-order valence-electron chi connectivity index (χ1n) is 7.46. The van der Waals surface area contributed by atoms with Crippen LogP contribution in [0.15, 0.2) is 0 Å². The van der Waals surface area contributed by atoms with Gasteiger partial charge in [-0.3, -0.25) is 9.59 Å². The van der Waals surface area contributed by atoms with E-state index in [0.717, 1.165) is 0 Å². The fraction of sp³-hybridized carbons (Fsp3) is 0.867. The van der Waals surface area contributed by atoms with E-state index in [1.807, 2.05) is 20.8 Å². The Bertz CT molecular complexity index is 498. The molecular formula is C15H20O5. The van der Waals surface area contributed by atoms with E-state index in [0.29, 0.717) is 6.42 Å². The van der Waals surface area contributed by atoms with Gasteiger partial charge in [0.1, 0.15) is 12.2 Å². The topological polar surface area (TPSA) is 72.8 Å². The summed E-state index contributed by atoms with van der Waals surface area (Å²) in [5.41, 5.74) is -0.455. The van der Waals surface area contributed by atoms with Crippen molar-refractivity contribution in [2.24, 2.45) is 35.0 Å². The lowest BCUT2D eigenvalue weighted by molar-refractivity contribution is -0.170. The van der Waals surface area contributed by atoms with Crippen molar-refractivity contribution in [3.05, 3.63) is 0 Å². The molecule has 0 radical (unpaired) electrons. The Morgan fingerprint density at radius 3 is 2.60 bits per heavy atom. The average Bonchev–Trinajstić information content (AvgIpc) is 2.90. The highest BCUT2D eigenvalue weighted by Gasteiger charge is 2.76. The van der Waals surface area contributed by atoms with Gasteiger partial charge < -0.3 is 14.6 Å². The molecule has 0 aromatic carbocycles. The summed E-state index contributed by atoms with van der Waals surface area (Å²) in [4.78, 5) is 24.4. The number of aliphatic hydroxyl groups is 1. The lowest BCUT2D eigenvalue weighted by Crippen LogP contribution is -2.58. The van der Waals surface area contributed by atoms with Crippen LogP contribution >= 0.6 is 0 Å². The van der Waals surface area contributed by atoms with Crippen LogP contribution in [0, 0.1) is 35.0 Å². The molecule has 2 aliphatic heterocycles. The standard InChI is InChI=1S/C15H20O5/c1-5(2)8-9-10-7(19-14(9)18)4-6-13(17)20-12(11(8)16)15(6,10)3/h5-12,16H,4H2,1-3H3. The second-order valence-electron chi connectivity index (χ2n) is 7.35. The maximum atomic E-state index is 12.3. The largest absolute Gasteiger partial charge is 0.462 e. The lowest BCUT2D eigenvalue weighted by atomic mass is 9.55. The zero-order valence-electron chi connectivity index (χ0n) is 11.9. The van der Waals surface area contributed by atoms with Crippen LogP contribution in [0.4, 0.5) is 0 Å². The number of carbonyl (C=O) groups is 2. The van der Waals surface area contributed by atoms with E-state index in [9.17, 15) is 14.7 Å². The van der Waals surface area contributed by atoms with Crippen molar-refractivity contribution in [1.82, 2.24) is 0 Å². The molecule has 0 aromatic heterocycles. The van der Waals surface area contributed by atoms with Crippen molar-refractivity contribution >= 4 is 11.9 Å². The van der Waals surface area contributed by atoms with Gasteiger partial charge in [-0.2, -0.15) is 0 Å². The van der Waals surface area contributed by atoms with Gasteiger partial charge in [0.15, 0.2) is 0 Å². The Kier molecular flexibility index (Phi) is 2.25. The number of aliphatic hydroxyl groups excluding tert-OH is 1. The number of ether oxygens (including phenoxy) is 2. The Balaban J connectivity index is 1.87. The zero-order chi connectivity index (χ0) is 14.4. The minimum Gasteiger partial charge on any atom is -0.462 e. The Morgan fingerprint density at radius 1 is 1.25 bits per heavy atom. The molecule has 4 rings (SSSR count). The van der Waals surface area contributed by atoms with Crippen molar-refractivity contribution < 1.29 is 24.2 Å². The monoisotopic (exact) mass is 280 g/mol. The first kappa shape index (κ1) is 12.6. The summed E-state index contributed by atoms with van der Waals surface area (Å²) in [6.07, 6.45) is -0.893. The normalized spacial score (nSPS) is 56.0. The van der Waals surface area contributed by atoms with Crippen LogP contribution in [-0.2, 0) is 19.1 Å². The van der Waals surface area contributed by atoms with E-state index in [-0.39, 0.29) is 47.6 Å². The molecule has 5 heteroatoms. The molecular weight excluding hydrogens is 260 g/mol. The second kappa shape index (κ2) is 3.56. The van der Waals surface area contributed by atoms with Gasteiger partial charge >= 0.3 is 11.9 Å². The van der Waals surface area contributed by atoms with Gasteiger partial charge in [-0.25, -0.2) is 0 Å². The molecule has 110 valence electrons. The Labute approximate surface area is 117 Å². The highest BCUT2D eigenvalue weighted by Crippen LogP contribution is 2.66. The van der Waals surface area contributed by atoms with Gasteiger partial charge in [0, 0.05) is 17.3 Å². The summed E-state index contributed by atoms with van der Waals surface area (Å²) in [5, 5.41) is 10.7. The van der Waals surface area contributed by atoms with Crippen LogP contribution in [-0.4, -0.2) is 35.4 Å². The minimum absolute atomic E-state index is 0.00671. The molecule has 2 saturated carbocycles. The van der Waals surface area contributed by atoms with E-state index in [4.69, 9.17) is 9.47 Å². The molecule has 1 N–H and O–H groups in total. The molecule has 4 fully saturated rings. The van der Waals surface area contributed by atoms with Crippen molar-refractivity contribution in [1.29, 1.82) is 0 Å². The van der Waals surface area contributed by atoms with Crippen LogP contribution in [0.5, 0.6) is 0 Å². The lowest BCUT2D eigenvalue weighted by Gasteiger charge is -2.48. The Hall–Kier alpha value is -1.10. The third-order valence-electron chi connectivity index (χ3n) is 6.29. The van der Waals surface area contributed by atoms with Crippen LogP contribution < -0.4 is 0 Å². The summed E-state index contributed by atoms with van der Waals surface area (Å²) >= 11 is 0. The van der Waals surface area contributed by atoms with Gasteiger partial charge in [-0.15, -0.1) is 0 Å². The maximum Gasteiger partial charge on any atom is 0.310 e. The highest BCUT2D eigenvalue weighted by molar-refractivity contribution is 5.82. The van der Waals surface area contributed by atoms with E-state index in [1.165, 1.54) is 0 Å². The summed E-state index contributed by atoms with van der Waals surface area (Å²) in [6.45, 7) is 5.99. The molecule has 2 heterocycles. The molecule has 4 aliphatic rings. The summed E-state index contributed by atoms with van der Waals surface area (Å²) < 4.78 is 11.0. The van der Waals surface area contributed by atoms with E-state index < -0.39 is 17.6 Å². The molecule has 20 heavy (non-hydrogen) atoms. The Morgan fingerprint density at radius 2 is 1.95 bits per heavy atom. The quantitative estimate of drug-likeness (QED) is 0.717. The number of rotatable bonds is 1. The average molecular weight is 280 g/mol. The smallest absolute Gasteiger partial charge is 0.310 e. The first-order chi connectivity index (χ1) is 9.37. The molecule has 2 aliphatic carbocycles. The van der Waals surface area contributed by atoms with Crippen molar-refractivity contribution in [2.45, 2.75) is 45.5 Å². The molecule has 0 aromatic rings. The van der Waals surface area contributed by atoms with Gasteiger partial charge in [-0.1, -0.05) is 20.8 Å². The highest BCUT2D eigenvalue weighted by atomic mass is 16.6. The fourth-order valence-electron chi connectivity index (χ4n) is 5.51. The predicted molar refractivity (Wildman–Crippen MR) is 67.3 cm³/mol. The summed E-state index contributed by atoms with van der Waals surface area (Å²) in [7, 11) is 0. The first-order valence-corrected chi connectivity index (χ1v) is 7.46. The van der Waals surface area contributed by atoms with Crippen LogP contribution in [0.2, 0.25) is 0 Å². The predicted octanol–water partition coefficient (Wildman–Crippen LogP) is 0.742. The van der Waals surface area contributed by atoms with E-state index in [2.05, 4.69) is 0 Å². The zero-order valence-corrected chi connectivity index (χ0v) is 11.9. The second-order valence-corrected chi connectivity index (χ2v) is 7.35. The number of esters is 2. The van der Waals surface area contributed by atoms with Crippen molar-refractivity contribution in [3.8, 4) is 0 Å². The van der Waals surface area contributed by atoms with Gasteiger partial charge in [0.2, 0.25) is 0 Å².